The van der Waals surface area contributed by atoms with Gasteiger partial charge in [-0.2, -0.15) is 0 Å². The summed E-state index contributed by atoms with van der Waals surface area (Å²) in [4.78, 5) is 48.7. The van der Waals surface area contributed by atoms with Gasteiger partial charge in [0.1, 0.15) is 12.7 Å². The molecule has 0 bridgehead atoms. The minimum absolute atomic E-state index is 0.0979. The van der Waals surface area contributed by atoms with E-state index in [4.69, 9.17) is 23.3 Å². The van der Waals surface area contributed by atoms with Crippen molar-refractivity contribution in [1.29, 1.82) is 0 Å². The first-order valence-corrected chi connectivity index (χ1v) is 33.6. The van der Waals surface area contributed by atoms with Crippen LogP contribution in [0, 0.1) is 0 Å². The number of phosphoric ester groups is 1. The maximum Gasteiger partial charge on any atom is 0.472 e. The average molecular weight is 1140 g/mol. The number of esters is 3. The first-order valence-electron chi connectivity index (χ1n) is 32.1. The Labute approximate surface area is 489 Å². The van der Waals surface area contributed by atoms with Gasteiger partial charge in [-0.15, -0.1) is 0 Å². The van der Waals surface area contributed by atoms with E-state index in [1.807, 2.05) is 12.2 Å². The Hall–Kier alpha value is -3.60. The van der Waals surface area contributed by atoms with E-state index in [0.717, 1.165) is 96.3 Å². The van der Waals surface area contributed by atoms with Gasteiger partial charge >= 0.3 is 25.7 Å². The summed E-state index contributed by atoms with van der Waals surface area (Å²) in [5.74, 6) is -1.56. The summed E-state index contributed by atoms with van der Waals surface area (Å²) < 4.78 is 39.6. The lowest BCUT2D eigenvalue weighted by atomic mass is 10.0. The number of aliphatic hydroxyl groups is 1. The van der Waals surface area contributed by atoms with Gasteiger partial charge < -0.3 is 24.2 Å². The topological polar surface area (TPSA) is 155 Å². The molecule has 0 aromatic carbocycles. The minimum Gasteiger partial charge on any atom is -0.462 e. The quantitative estimate of drug-likeness (QED) is 0.0197. The number of phosphoric acid groups is 1. The molecule has 11 nitrogen and oxygen atoms in total. The molecule has 0 aromatic rings. The van der Waals surface area contributed by atoms with E-state index in [-0.39, 0.29) is 25.9 Å². The highest BCUT2D eigenvalue weighted by Gasteiger charge is 2.28. The summed E-state index contributed by atoms with van der Waals surface area (Å²) in [5, 5.41) is 9.85. The standard InChI is InChI=1S/C68H117O11P/c1-4-7-10-13-16-19-22-25-28-30-32-34-37-39-42-45-48-51-54-57-66(70)75-61-65(79-68(72)59-56-53-50-47-44-41-38-35-33-31-29-26-23-20-17-14-11-8-5-2)63-77-80(73,74)76-62-64(60-69)78-67(71)58-55-52-49-46-43-40-36-27-24-21-18-15-12-9-6-3/h7,10,16-17,19-20,25-26,28-29,32,34,39,42,48,51,64-65,69H,4-6,8-9,11-15,18,21-24,27,30-31,33,35-38,40-41,43-47,49-50,52-63H2,1-3H3,(H,73,74)/b10-7-,19-16-,20-17-,28-25-,29-26-,34-32-,42-39-,51-48-. The first-order chi connectivity index (χ1) is 39.2. The zero-order valence-electron chi connectivity index (χ0n) is 51.0. The third-order valence-corrected chi connectivity index (χ3v) is 14.5. The van der Waals surface area contributed by atoms with E-state index >= 15 is 0 Å². The van der Waals surface area contributed by atoms with Crippen molar-refractivity contribution in [3.8, 4) is 0 Å². The van der Waals surface area contributed by atoms with Crippen molar-refractivity contribution in [3.05, 3.63) is 97.2 Å². The summed E-state index contributed by atoms with van der Waals surface area (Å²) in [5.41, 5.74) is 0. The molecule has 12 heteroatoms. The van der Waals surface area contributed by atoms with Gasteiger partial charge in [-0.05, 0) is 89.9 Å². The lowest BCUT2D eigenvalue weighted by Crippen LogP contribution is -2.30. The van der Waals surface area contributed by atoms with Crippen molar-refractivity contribution in [3.63, 3.8) is 0 Å². The van der Waals surface area contributed by atoms with E-state index in [0.29, 0.717) is 19.3 Å². The number of rotatable bonds is 59. The Kier molecular flexibility index (Phi) is 58.7. The molecule has 0 saturated heterocycles. The van der Waals surface area contributed by atoms with Gasteiger partial charge in [0.25, 0.3) is 0 Å². The maximum absolute atomic E-state index is 13.0. The van der Waals surface area contributed by atoms with Gasteiger partial charge in [-0.3, -0.25) is 23.4 Å². The molecule has 0 amide bonds. The van der Waals surface area contributed by atoms with Crippen LogP contribution in [0.5, 0.6) is 0 Å². The Morgan fingerprint density at radius 3 is 1.07 bits per heavy atom. The molecule has 3 unspecified atom stereocenters. The highest BCUT2D eigenvalue weighted by molar-refractivity contribution is 7.47. The molecule has 0 aliphatic carbocycles. The summed E-state index contributed by atoms with van der Waals surface area (Å²) in [6.45, 7) is 4.45. The Morgan fingerprint density at radius 1 is 0.362 bits per heavy atom. The van der Waals surface area contributed by atoms with Crippen molar-refractivity contribution in [2.24, 2.45) is 0 Å². The Bertz CT molecular complexity index is 1710. The summed E-state index contributed by atoms with van der Waals surface area (Å²) in [7, 11) is -4.77. The molecule has 2 N–H and O–H groups in total. The highest BCUT2D eigenvalue weighted by atomic mass is 31.2. The third kappa shape index (κ3) is 59.0. The molecule has 0 spiro atoms. The molecule has 0 aliphatic heterocycles. The van der Waals surface area contributed by atoms with Gasteiger partial charge in [0.15, 0.2) is 6.10 Å². The van der Waals surface area contributed by atoms with Crippen LogP contribution in [0.1, 0.15) is 278 Å². The molecule has 0 aliphatic rings. The molecule has 0 fully saturated rings. The number of hydrogen-bond donors (Lipinski definition) is 2. The lowest BCUT2D eigenvalue weighted by Gasteiger charge is -2.21. The van der Waals surface area contributed by atoms with Gasteiger partial charge in [0.05, 0.1) is 19.8 Å². The van der Waals surface area contributed by atoms with Crippen LogP contribution in [0.2, 0.25) is 0 Å². The van der Waals surface area contributed by atoms with Gasteiger partial charge in [0, 0.05) is 19.3 Å². The molecule has 0 aromatic heterocycles. The Morgan fingerprint density at radius 2 is 0.675 bits per heavy atom. The SMILES string of the molecule is CC/C=C\C/C=C\C/C=C\C/C=C\C/C=C\C/C=C\CCC(=O)OCC(COP(=O)(O)OCC(CO)OC(=O)CCCCCCCCCCCCCCCCC)OC(=O)CCCCCCCCCCC/C=C\C/C=C\CCCCC. The number of ether oxygens (including phenoxy) is 3. The van der Waals surface area contributed by atoms with Crippen LogP contribution in [-0.4, -0.2) is 66.5 Å². The second-order valence-electron chi connectivity index (χ2n) is 21.2. The normalized spacial score (nSPS) is 13.9. The lowest BCUT2D eigenvalue weighted by molar-refractivity contribution is -0.161. The van der Waals surface area contributed by atoms with Gasteiger partial charge in [0.2, 0.25) is 0 Å². The van der Waals surface area contributed by atoms with Crippen molar-refractivity contribution in [1.82, 2.24) is 0 Å². The van der Waals surface area contributed by atoms with E-state index in [1.54, 1.807) is 0 Å². The van der Waals surface area contributed by atoms with Gasteiger partial charge in [-0.1, -0.05) is 266 Å². The largest absolute Gasteiger partial charge is 0.472 e. The smallest absolute Gasteiger partial charge is 0.462 e. The minimum atomic E-state index is -4.77. The average Bonchev–Trinajstić information content (AvgIpc) is 3.45. The fraction of sp³-hybridized carbons (Fsp3) is 0.721. The molecular formula is C68H117O11P. The van der Waals surface area contributed by atoms with Crippen LogP contribution in [0.25, 0.3) is 0 Å². The molecule has 0 radical (unpaired) electrons. The second kappa shape index (κ2) is 61.5. The van der Waals surface area contributed by atoms with E-state index < -0.39 is 57.8 Å². The van der Waals surface area contributed by atoms with Gasteiger partial charge in [-0.25, -0.2) is 4.57 Å². The summed E-state index contributed by atoms with van der Waals surface area (Å²) in [6, 6.07) is 0. The van der Waals surface area contributed by atoms with E-state index in [1.165, 1.54) is 122 Å². The number of hydrogen-bond acceptors (Lipinski definition) is 10. The van der Waals surface area contributed by atoms with E-state index in [2.05, 4.69) is 106 Å². The number of aliphatic hydroxyl groups excluding tert-OH is 1. The zero-order chi connectivity index (χ0) is 58.3. The number of carbonyl (C=O) groups excluding carboxylic acids is 3. The third-order valence-electron chi connectivity index (χ3n) is 13.5. The molecule has 460 valence electrons. The summed E-state index contributed by atoms with van der Waals surface area (Å²) in [6.07, 6.45) is 73.7. The molecule has 3 atom stereocenters. The zero-order valence-corrected chi connectivity index (χ0v) is 51.9. The summed E-state index contributed by atoms with van der Waals surface area (Å²) >= 11 is 0. The van der Waals surface area contributed by atoms with Crippen LogP contribution in [-0.2, 0) is 42.2 Å². The Balaban J connectivity index is 4.80. The monoisotopic (exact) mass is 1140 g/mol. The fourth-order valence-electron chi connectivity index (χ4n) is 8.65. The van der Waals surface area contributed by atoms with Crippen molar-refractivity contribution in [2.75, 3.05) is 26.4 Å². The molecular weight excluding hydrogens is 1020 g/mol. The predicted molar refractivity (Wildman–Crippen MR) is 334 cm³/mol. The maximum atomic E-state index is 13.0. The number of allylic oxidation sites excluding steroid dienone is 16. The predicted octanol–water partition coefficient (Wildman–Crippen LogP) is 19.6. The first kappa shape index (κ1) is 76.4. The van der Waals surface area contributed by atoms with E-state index in [9.17, 15) is 28.9 Å². The fourth-order valence-corrected chi connectivity index (χ4v) is 9.43. The van der Waals surface area contributed by atoms with Crippen LogP contribution in [0.15, 0.2) is 97.2 Å². The highest BCUT2D eigenvalue weighted by Crippen LogP contribution is 2.43. The van der Waals surface area contributed by atoms with Crippen molar-refractivity contribution < 1.29 is 52.2 Å². The number of unbranched alkanes of at least 4 members (excludes halogenated alkanes) is 26. The van der Waals surface area contributed by atoms with Crippen LogP contribution in [0.4, 0.5) is 0 Å². The van der Waals surface area contributed by atoms with Crippen LogP contribution >= 0.6 is 7.82 Å². The van der Waals surface area contributed by atoms with Crippen LogP contribution in [0.3, 0.4) is 0 Å². The second-order valence-corrected chi connectivity index (χ2v) is 22.7. The molecule has 0 heterocycles. The number of carbonyl (C=O) groups is 3. The van der Waals surface area contributed by atoms with Crippen LogP contribution < -0.4 is 0 Å². The van der Waals surface area contributed by atoms with Crippen molar-refractivity contribution >= 4 is 25.7 Å². The molecule has 80 heavy (non-hydrogen) atoms. The molecule has 0 rings (SSSR count). The molecule has 0 saturated carbocycles. The van der Waals surface area contributed by atoms with Crippen molar-refractivity contribution in [2.45, 2.75) is 290 Å².